The number of thiol groups is 1. The molecule has 7 nitrogen and oxygen atoms in total. The van der Waals surface area contributed by atoms with E-state index in [1.807, 2.05) is 6.07 Å². The lowest BCUT2D eigenvalue weighted by Gasteiger charge is -2.11. The fourth-order valence-corrected chi connectivity index (χ4v) is 1.91. The summed E-state index contributed by atoms with van der Waals surface area (Å²) in [5.41, 5.74) is -2.84. The van der Waals surface area contributed by atoms with Crippen molar-refractivity contribution in [2.45, 2.75) is 0 Å². The van der Waals surface area contributed by atoms with E-state index in [1.165, 1.54) is 7.11 Å². The fourth-order valence-electron chi connectivity index (χ4n) is 1.15. The van der Waals surface area contributed by atoms with Gasteiger partial charge in [0.2, 0.25) is 0 Å². The first-order chi connectivity index (χ1) is 8.53. The molecule has 0 fully saturated rings. The molecule has 0 aliphatic carbocycles. The average molecular weight is 304 g/mol. The van der Waals surface area contributed by atoms with Gasteiger partial charge in [0.25, 0.3) is 0 Å². The highest BCUT2D eigenvalue weighted by molar-refractivity contribution is 8.60. The van der Waals surface area contributed by atoms with E-state index < -0.39 is 11.4 Å². The van der Waals surface area contributed by atoms with Crippen LogP contribution in [0.25, 0.3) is 5.69 Å². The smallest absolute Gasteiger partial charge is 0.324 e. The molecule has 0 amide bonds. The van der Waals surface area contributed by atoms with E-state index in [4.69, 9.17) is 21.0 Å². The minimum atomic E-state index is -2.83. The molecule has 0 bridgehead atoms. The Morgan fingerprint density at radius 2 is 2.00 bits per heavy atom. The first-order valence-corrected chi connectivity index (χ1v) is 8.52. The standard InChI is InChI=1S/C8H9N4O3PS2/c1-14-16(17,18)15-12-8(13)11(9-10-12)7-5-3-2-4-6-7/h2-6H,1H3,(H,17,18). The van der Waals surface area contributed by atoms with Gasteiger partial charge in [0.1, 0.15) is 0 Å². The molecule has 0 aliphatic heterocycles. The molecule has 0 saturated heterocycles. The van der Waals surface area contributed by atoms with Crippen LogP contribution < -0.4 is 10.3 Å². The normalized spacial score (nSPS) is 14.1. The van der Waals surface area contributed by atoms with Crippen LogP contribution in [0.1, 0.15) is 0 Å². The number of hydrogen-bond donors (Lipinski definition) is 1. The molecule has 1 unspecified atom stereocenters. The summed E-state index contributed by atoms with van der Waals surface area (Å²) in [5, 5.41) is 7.23. The molecular weight excluding hydrogens is 295 g/mol. The van der Waals surface area contributed by atoms with Crippen molar-refractivity contribution in [2.24, 2.45) is 0 Å². The van der Waals surface area contributed by atoms with E-state index in [0.29, 0.717) is 10.5 Å². The molecule has 96 valence electrons. The summed E-state index contributed by atoms with van der Waals surface area (Å²) < 4.78 is 11.0. The molecule has 0 N–H and O–H groups in total. The van der Waals surface area contributed by atoms with Crippen molar-refractivity contribution in [3.63, 3.8) is 0 Å². The monoisotopic (exact) mass is 304 g/mol. The number of para-hydroxylation sites is 1. The molecule has 1 heterocycles. The second kappa shape index (κ2) is 5.23. The van der Waals surface area contributed by atoms with Crippen molar-refractivity contribution < 1.29 is 9.15 Å². The van der Waals surface area contributed by atoms with Gasteiger partial charge < -0.3 is 9.15 Å². The Labute approximate surface area is 113 Å². The molecule has 0 saturated carbocycles. The van der Waals surface area contributed by atoms with Gasteiger partial charge in [-0.15, -0.1) is 0 Å². The number of tetrazole rings is 1. The minimum Gasteiger partial charge on any atom is -0.324 e. The van der Waals surface area contributed by atoms with E-state index in [0.717, 1.165) is 4.68 Å². The summed E-state index contributed by atoms with van der Waals surface area (Å²) in [6.07, 6.45) is 0. The average Bonchev–Trinajstić information content (AvgIpc) is 2.72. The van der Waals surface area contributed by atoms with Gasteiger partial charge in [0, 0.05) is 7.11 Å². The van der Waals surface area contributed by atoms with E-state index in [1.54, 1.807) is 24.3 Å². The van der Waals surface area contributed by atoms with Crippen LogP contribution in [0.5, 0.6) is 0 Å². The quantitative estimate of drug-likeness (QED) is 0.661. The highest BCUT2D eigenvalue weighted by Gasteiger charge is 2.17. The van der Waals surface area contributed by atoms with E-state index in [-0.39, 0.29) is 0 Å². The van der Waals surface area contributed by atoms with Crippen LogP contribution in [0.2, 0.25) is 0 Å². The van der Waals surface area contributed by atoms with Gasteiger partial charge in [-0.1, -0.05) is 30.4 Å². The van der Waals surface area contributed by atoms with Crippen molar-refractivity contribution in [3.8, 4) is 5.69 Å². The summed E-state index contributed by atoms with van der Waals surface area (Å²) in [6, 6.07) is 8.81. The van der Waals surface area contributed by atoms with Crippen LogP contribution in [-0.2, 0) is 16.3 Å². The topological polar surface area (TPSA) is 71.2 Å². The predicted molar refractivity (Wildman–Crippen MR) is 72.5 cm³/mol. The van der Waals surface area contributed by atoms with Crippen molar-refractivity contribution in [2.75, 3.05) is 7.11 Å². The lowest BCUT2D eigenvalue weighted by Crippen LogP contribution is -2.27. The third kappa shape index (κ3) is 2.81. The summed E-state index contributed by atoms with van der Waals surface area (Å²) in [4.78, 5) is 12.6. The van der Waals surface area contributed by atoms with E-state index in [2.05, 4.69) is 22.7 Å². The zero-order valence-corrected chi connectivity index (χ0v) is 11.8. The SMILES string of the molecule is COP(=S)(S)On1nnn(-c2ccccc2)c1=O. The molecule has 0 radical (unpaired) electrons. The molecule has 1 aromatic heterocycles. The molecule has 0 aliphatic rings. The van der Waals surface area contributed by atoms with Crippen molar-refractivity contribution in [1.82, 2.24) is 20.0 Å². The lowest BCUT2D eigenvalue weighted by atomic mass is 10.3. The zero-order valence-electron chi connectivity index (χ0n) is 9.20. The van der Waals surface area contributed by atoms with Crippen LogP contribution in [0.4, 0.5) is 0 Å². The largest absolute Gasteiger partial charge is 0.403 e. The zero-order chi connectivity index (χ0) is 13.2. The maximum Gasteiger partial charge on any atom is 0.403 e. The summed E-state index contributed by atoms with van der Waals surface area (Å²) >= 11 is 8.89. The van der Waals surface area contributed by atoms with Crippen LogP contribution in [0.15, 0.2) is 35.1 Å². The van der Waals surface area contributed by atoms with Crippen molar-refractivity contribution in [1.29, 1.82) is 0 Å². The Balaban J connectivity index is 2.36. The minimum absolute atomic E-state index is 0.572. The molecule has 0 spiro atoms. The Kier molecular flexibility index (Phi) is 3.86. The third-order valence-corrected chi connectivity index (χ3v) is 4.15. The Bertz CT molecular complexity index is 641. The summed E-state index contributed by atoms with van der Waals surface area (Å²) in [7, 11) is 1.35. The summed E-state index contributed by atoms with van der Waals surface area (Å²) in [5.74, 6) is 0. The van der Waals surface area contributed by atoms with Gasteiger partial charge in [0.15, 0.2) is 0 Å². The van der Waals surface area contributed by atoms with Crippen LogP contribution in [0, 0.1) is 0 Å². The third-order valence-electron chi connectivity index (χ3n) is 1.97. The predicted octanol–water partition coefficient (Wildman–Crippen LogP) is 0.658. The molecule has 18 heavy (non-hydrogen) atoms. The van der Waals surface area contributed by atoms with Crippen LogP contribution in [-0.4, -0.2) is 27.1 Å². The number of aromatic nitrogens is 4. The van der Waals surface area contributed by atoms with Gasteiger partial charge in [-0.2, -0.15) is 4.68 Å². The summed E-state index contributed by atoms with van der Waals surface area (Å²) in [6.45, 7) is 0. The lowest BCUT2D eigenvalue weighted by molar-refractivity contribution is 0.211. The second-order valence-corrected chi connectivity index (χ2v) is 8.41. The maximum absolute atomic E-state index is 11.9. The first-order valence-electron chi connectivity index (χ1n) is 4.72. The Morgan fingerprint density at radius 1 is 1.33 bits per heavy atom. The fraction of sp³-hybridized carbons (Fsp3) is 0.125. The van der Waals surface area contributed by atoms with E-state index >= 15 is 0 Å². The molecule has 2 aromatic rings. The van der Waals surface area contributed by atoms with Gasteiger partial charge in [-0.25, -0.2) is 4.79 Å². The highest BCUT2D eigenvalue weighted by atomic mass is 32.9. The number of benzene rings is 1. The number of hydrogen-bond acceptors (Lipinski definition) is 6. The second-order valence-electron chi connectivity index (χ2n) is 3.11. The van der Waals surface area contributed by atoms with Gasteiger partial charge in [-0.3, -0.25) is 0 Å². The van der Waals surface area contributed by atoms with Gasteiger partial charge in [0.05, 0.1) is 5.69 Å². The molecular formula is C8H9N4O3PS2. The highest BCUT2D eigenvalue weighted by Crippen LogP contribution is 2.48. The first kappa shape index (κ1) is 13.3. The molecule has 1 atom stereocenters. The van der Waals surface area contributed by atoms with Gasteiger partial charge in [-0.05, 0) is 39.2 Å². The van der Waals surface area contributed by atoms with Crippen molar-refractivity contribution >= 4 is 29.7 Å². The van der Waals surface area contributed by atoms with Crippen LogP contribution in [0.3, 0.4) is 0 Å². The maximum atomic E-state index is 11.9. The van der Waals surface area contributed by atoms with Crippen molar-refractivity contribution in [3.05, 3.63) is 40.8 Å². The van der Waals surface area contributed by atoms with Crippen LogP contribution >= 0.6 is 17.9 Å². The Morgan fingerprint density at radius 3 is 2.61 bits per heavy atom. The molecule has 2 rings (SSSR count). The molecule has 1 aromatic carbocycles. The molecule has 10 heteroatoms. The number of nitrogens with zero attached hydrogens (tertiary/aromatic N) is 4. The number of rotatable bonds is 4. The Hall–Kier alpha value is -1.15. The van der Waals surface area contributed by atoms with E-state index in [9.17, 15) is 4.79 Å². The van der Waals surface area contributed by atoms with Gasteiger partial charge >= 0.3 is 11.4 Å².